The van der Waals surface area contributed by atoms with Crippen molar-refractivity contribution in [1.29, 1.82) is 0 Å². The molecule has 3 atom stereocenters. The molecule has 0 bridgehead atoms. The van der Waals surface area contributed by atoms with Crippen LogP contribution in [-0.2, 0) is 32.0 Å². The lowest BCUT2D eigenvalue weighted by Gasteiger charge is -2.23. The highest BCUT2D eigenvalue weighted by atomic mass is 16.3. The molecule has 4 amide bonds. The number of benzene rings is 2. The van der Waals surface area contributed by atoms with Crippen LogP contribution < -0.4 is 21.7 Å². The molecule has 7 N–H and O–H groups in total. The number of aromatic amines is 1. The molecule has 0 aliphatic heterocycles. The van der Waals surface area contributed by atoms with Crippen LogP contribution in [0.4, 0.5) is 0 Å². The van der Waals surface area contributed by atoms with Gasteiger partial charge in [-0.25, -0.2) is 0 Å². The number of rotatable bonds is 12. The highest BCUT2D eigenvalue weighted by molar-refractivity contribution is 5.93. The van der Waals surface area contributed by atoms with E-state index in [0.29, 0.717) is 6.42 Å². The van der Waals surface area contributed by atoms with Crippen molar-refractivity contribution < 1.29 is 24.3 Å². The number of aromatic nitrogens is 1. The Morgan fingerprint density at radius 1 is 0.972 bits per heavy atom. The second-order valence-electron chi connectivity index (χ2n) is 8.58. The van der Waals surface area contributed by atoms with Gasteiger partial charge in [0.1, 0.15) is 12.1 Å². The van der Waals surface area contributed by atoms with E-state index < -0.39 is 35.9 Å². The average molecular weight is 494 g/mol. The summed E-state index contributed by atoms with van der Waals surface area (Å²) in [6.45, 7) is 1.01. The molecule has 190 valence electrons. The Bertz CT molecular complexity index is 1210. The molecule has 0 spiro atoms. The number of carbonyl (C=O) groups is 4. The van der Waals surface area contributed by atoms with E-state index in [2.05, 4.69) is 20.9 Å². The van der Waals surface area contributed by atoms with Gasteiger partial charge in [0.2, 0.25) is 23.6 Å². The van der Waals surface area contributed by atoms with Crippen LogP contribution in [-0.4, -0.2) is 58.5 Å². The maximum absolute atomic E-state index is 12.8. The Balaban J connectivity index is 1.56. The van der Waals surface area contributed by atoms with Crippen molar-refractivity contribution in [3.63, 3.8) is 0 Å². The summed E-state index contributed by atoms with van der Waals surface area (Å²) in [6.07, 6.45) is 1.49. The number of primary amides is 1. The number of amides is 4. The fourth-order valence-corrected chi connectivity index (χ4v) is 3.84. The Labute approximate surface area is 208 Å². The van der Waals surface area contributed by atoms with Crippen LogP contribution >= 0.6 is 0 Å². The Kier molecular flexibility index (Phi) is 9.18. The second-order valence-corrected chi connectivity index (χ2v) is 8.58. The largest absolute Gasteiger partial charge is 0.391 e. The van der Waals surface area contributed by atoms with Gasteiger partial charge in [-0.3, -0.25) is 19.2 Å². The summed E-state index contributed by atoms with van der Waals surface area (Å²) in [4.78, 5) is 52.5. The van der Waals surface area contributed by atoms with Gasteiger partial charge in [0.25, 0.3) is 0 Å². The third kappa shape index (κ3) is 7.41. The molecule has 0 radical (unpaired) electrons. The van der Waals surface area contributed by atoms with Gasteiger partial charge in [0.15, 0.2) is 0 Å². The summed E-state index contributed by atoms with van der Waals surface area (Å²) in [7, 11) is 0. The van der Waals surface area contributed by atoms with Crippen LogP contribution in [0.25, 0.3) is 10.9 Å². The first kappa shape index (κ1) is 26.4. The molecule has 1 unspecified atom stereocenters. The Morgan fingerprint density at radius 3 is 2.36 bits per heavy atom. The van der Waals surface area contributed by atoms with Crippen molar-refractivity contribution in [2.45, 2.75) is 44.4 Å². The number of nitrogens with one attached hydrogen (secondary N) is 4. The van der Waals surface area contributed by atoms with E-state index in [4.69, 9.17) is 5.73 Å². The lowest BCUT2D eigenvalue weighted by molar-refractivity contribution is -0.133. The van der Waals surface area contributed by atoms with E-state index in [1.807, 2.05) is 36.5 Å². The Hall–Kier alpha value is -4.18. The monoisotopic (exact) mass is 493 g/mol. The number of hydrogen-bond donors (Lipinski definition) is 6. The lowest BCUT2D eigenvalue weighted by atomic mass is 10.0. The Morgan fingerprint density at radius 2 is 1.67 bits per heavy atom. The van der Waals surface area contributed by atoms with Crippen molar-refractivity contribution in [1.82, 2.24) is 20.9 Å². The van der Waals surface area contributed by atoms with E-state index >= 15 is 0 Å². The predicted octanol–water partition coefficient (Wildman–Crippen LogP) is 0.295. The molecule has 0 aliphatic carbocycles. The second kappa shape index (κ2) is 12.5. The maximum Gasteiger partial charge on any atom is 0.243 e. The van der Waals surface area contributed by atoms with Gasteiger partial charge in [0, 0.05) is 29.9 Å². The molecule has 0 fully saturated rings. The van der Waals surface area contributed by atoms with Gasteiger partial charge in [-0.2, -0.15) is 0 Å². The zero-order valence-corrected chi connectivity index (χ0v) is 20.0. The van der Waals surface area contributed by atoms with Crippen molar-refractivity contribution in [3.8, 4) is 0 Å². The highest BCUT2D eigenvalue weighted by Crippen LogP contribution is 2.18. The molecular formula is C26H31N5O5. The number of aliphatic hydroxyl groups is 1. The van der Waals surface area contributed by atoms with Crippen molar-refractivity contribution in [2.75, 3.05) is 6.54 Å². The minimum Gasteiger partial charge on any atom is -0.391 e. The lowest BCUT2D eigenvalue weighted by Crippen LogP contribution is -2.57. The number of aryl methyl sites for hydroxylation is 1. The molecule has 3 aromatic rings. The highest BCUT2D eigenvalue weighted by Gasteiger charge is 2.28. The quantitative estimate of drug-likeness (QED) is 0.213. The van der Waals surface area contributed by atoms with Crippen molar-refractivity contribution in [3.05, 3.63) is 71.9 Å². The number of nitrogens with two attached hydrogens (primary N) is 1. The van der Waals surface area contributed by atoms with Crippen LogP contribution in [0.5, 0.6) is 0 Å². The van der Waals surface area contributed by atoms with Gasteiger partial charge in [0.05, 0.1) is 12.6 Å². The first-order chi connectivity index (χ1) is 17.2. The van der Waals surface area contributed by atoms with Gasteiger partial charge in [-0.1, -0.05) is 48.5 Å². The van der Waals surface area contributed by atoms with Crippen LogP contribution in [0.3, 0.4) is 0 Å². The van der Waals surface area contributed by atoms with E-state index in [-0.39, 0.29) is 25.3 Å². The molecule has 2 aromatic carbocycles. The zero-order chi connectivity index (χ0) is 26.1. The van der Waals surface area contributed by atoms with Crippen molar-refractivity contribution >= 4 is 34.5 Å². The molecule has 10 nitrogen and oxygen atoms in total. The molecule has 0 aliphatic rings. The minimum atomic E-state index is -1.31. The summed E-state index contributed by atoms with van der Waals surface area (Å²) in [5.41, 5.74) is 8.03. The summed E-state index contributed by atoms with van der Waals surface area (Å²) < 4.78 is 0. The topological polar surface area (TPSA) is 166 Å². The summed E-state index contributed by atoms with van der Waals surface area (Å²) >= 11 is 0. The summed E-state index contributed by atoms with van der Waals surface area (Å²) in [5, 5.41) is 18.4. The normalized spacial score (nSPS) is 13.4. The molecule has 3 rings (SSSR count). The SMILES string of the molecule is CC(O)[C@@H](NC(=O)[C@@H](Cc1ccccc1)NC(=O)CNC(=O)CCc1c[nH]c2ccccc12)C(N)=O. The van der Waals surface area contributed by atoms with Gasteiger partial charge in [-0.15, -0.1) is 0 Å². The van der Waals surface area contributed by atoms with Crippen LogP contribution in [0, 0.1) is 0 Å². The fraction of sp³-hybridized carbons (Fsp3) is 0.308. The third-order valence-corrected chi connectivity index (χ3v) is 5.76. The number of hydrogen-bond acceptors (Lipinski definition) is 5. The molecule has 1 aromatic heterocycles. The number of carbonyl (C=O) groups excluding carboxylic acids is 4. The minimum absolute atomic E-state index is 0.137. The zero-order valence-electron chi connectivity index (χ0n) is 20.0. The van der Waals surface area contributed by atoms with Crippen LogP contribution in [0.15, 0.2) is 60.8 Å². The number of aliphatic hydroxyl groups excluding tert-OH is 1. The van der Waals surface area contributed by atoms with E-state index in [1.54, 1.807) is 24.3 Å². The molecular weight excluding hydrogens is 462 g/mol. The van der Waals surface area contributed by atoms with Crippen molar-refractivity contribution in [2.24, 2.45) is 5.73 Å². The maximum atomic E-state index is 12.8. The van der Waals surface area contributed by atoms with E-state index in [9.17, 15) is 24.3 Å². The first-order valence-electron chi connectivity index (χ1n) is 11.7. The first-order valence-corrected chi connectivity index (χ1v) is 11.7. The van der Waals surface area contributed by atoms with E-state index in [1.165, 1.54) is 6.92 Å². The average Bonchev–Trinajstić information content (AvgIpc) is 3.27. The summed E-state index contributed by atoms with van der Waals surface area (Å²) in [5.74, 6) is -2.45. The number of para-hydroxylation sites is 1. The van der Waals surface area contributed by atoms with Gasteiger partial charge < -0.3 is 31.8 Å². The standard InChI is InChI=1S/C26H31N5O5/c1-16(32)24(25(27)35)31-26(36)21(13-17-7-3-2-4-8-17)30-23(34)15-29-22(33)12-11-18-14-28-20-10-6-5-9-19(18)20/h2-10,14,16,21,24,28,32H,11-13,15H2,1H3,(H2,27,35)(H,29,33)(H,30,34)(H,31,36)/t16?,21-,24-/m1/s1. The number of H-pyrrole nitrogens is 1. The van der Waals surface area contributed by atoms with Gasteiger partial charge in [-0.05, 0) is 30.5 Å². The molecule has 1 heterocycles. The molecule has 0 saturated heterocycles. The van der Waals surface area contributed by atoms with E-state index in [0.717, 1.165) is 22.0 Å². The van der Waals surface area contributed by atoms with Gasteiger partial charge >= 0.3 is 0 Å². The third-order valence-electron chi connectivity index (χ3n) is 5.76. The smallest absolute Gasteiger partial charge is 0.243 e. The molecule has 0 saturated carbocycles. The van der Waals surface area contributed by atoms with Crippen LogP contribution in [0.1, 0.15) is 24.5 Å². The number of fused-ring (bicyclic) bond motifs is 1. The summed E-state index contributed by atoms with van der Waals surface area (Å²) in [6, 6.07) is 14.4. The fourth-order valence-electron chi connectivity index (χ4n) is 3.84. The molecule has 10 heteroatoms. The van der Waals surface area contributed by atoms with Crippen LogP contribution in [0.2, 0.25) is 0 Å². The molecule has 36 heavy (non-hydrogen) atoms. The predicted molar refractivity (Wildman–Crippen MR) is 135 cm³/mol.